The van der Waals surface area contributed by atoms with E-state index in [1.54, 1.807) is 19.2 Å². The summed E-state index contributed by atoms with van der Waals surface area (Å²) in [6, 6.07) is 9.24. The Morgan fingerprint density at radius 1 is 1.04 bits per heavy atom. The lowest BCUT2D eigenvalue weighted by Crippen LogP contribution is -2.28. The van der Waals surface area contributed by atoms with Gasteiger partial charge in [-0.15, -0.1) is 0 Å². The van der Waals surface area contributed by atoms with Crippen molar-refractivity contribution in [3.05, 3.63) is 47.2 Å². The Labute approximate surface area is 152 Å². The average Bonchev–Trinajstić information content (AvgIpc) is 2.59. The van der Waals surface area contributed by atoms with Gasteiger partial charge in [0, 0.05) is 5.92 Å². The van der Waals surface area contributed by atoms with Crippen molar-refractivity contribution in [2.75, 3.05) is 7.11 Å². The van der Waals surface area contributed by atoms with Crippen LogP contribution in [0.5, 0.6) is 0 Å². The molecule has 1 aliphatic rings. The third-order valence-corrected chi connectivity index (χ3v) is 5.03. The van der Waals surface area contributed by atoms with E-state index in [2.05, 4.69) is 27.7 Å². The van der Waals surface area contributed by atoms with Gasteiger partial charge in [-0.05, 0) is 55.2 Å². The molecule has 0 saturated heterocycles. The molecule has 0 bridgehead atoms. The molecule has 3 heteroatoms. The summed E-state index contributed by atoms with van der Waals surface area (Å²) in [4.78, 5) is 12.3. The molecule has 2 unspecified atom stereocenters. The lowest BCUT2D eigenvalue weighted by molar-refractivity contribution is 0.0126. The van der Waals surface area contributed by atoms with Gasteiger partial charge in [0.2, 0.25) is 0 Å². The van der Waals surface area contributed by atoms with Gasteiger partial charge in [0.25, 0.3) is 0 Å². The van der Waals surface area contributed by atoms with Crippen molar-refractivity contribution in [3.63, 3.8) is 0 Å². The van der Waals surface area contributed by atoms with E-state index in [-0.39, 0.29) is 12.1 Å². The number of hydrogen-bond donors (Lipinski definition) is 0. The predicted octanol–water partition coefficient (Wildman–Crippen LogP) is 5.61. The summed E-state index contributed by atoms with van der Waals surface area (Å²) in [6.45, 7) is 8.91. The molecule has 3 nitrogen and oxygen atoms in total. The van der Waals surface area contributed by atoms with Gasteiger partial charge >= 0.3 is 5.97 Å². The van der Waals surface area contributed by atoms with E-state index >= 15 is 0 Å². The summed E-state index contributed by atoms with van der Waals surface area (Å²) in [6.07, 6.45) is 3.92. The Balaban J connectivity index is 2.11. The number of allylic oxidation sites excluding steroid dienone is 2. The molecule has 1 saturated carbocycles. The Hall–Kier alpha value is -1.77. The number of benzene rings is 1. The highest BCUT2D eigenvalue weighted by atomic mass is 16.5. The first-order valence-electron chi connectivity index (χ1n) is 9.48. The van der Waals surface area contributed by atoms with Crippen molar-refractivity contribution in [1.82, 2.24) is 0 Å². The van der Waals surface area contributed by atoms with Crippen molar-refractivity contribution < 1.29 is 14.3 Å². The van der Waals surface area contributed by atoms with Gasteiger partial charge in [-0.25, -0.2) is 4.79 Å². The molecule has 0 radical (unpaired) electrons. The number of esters is 1. The van der Waals surface area contributed by atoms with Crippen LogP contribution in [-0.2, 0) is 9.47 Å². The molecular weight excluding hydrogens is 312 g/mol. The van der Waals surface area contributed by atoms with Gasteiger partial charge in [0.15, 0.2) is 0 Å². The molecule has 2 rings (SSSR count). The van der Waals surface area contributed by atoms with Gasteiger partial charge in [0.05, 0.1) is 18.4 Å². The Bertz CT molecular complexity index is 577. The largest absolute Gasteiger partial charge is 0.501 e. The van der Waals surface area contributed by atoms with Crippen LogP contribution in [0.4, 0.5) is 0 Å². The van der Waals surface area contributed by atoms with Crippen LogP contribution in [0.3, 0.4) is 0 Å². The summed E-state index contributed by atoms with van der Waals surface area (Å²) >= 11 is 0. The zero-order valence-corrected chi connectivity index (χ0v) is 16.2. The van der Waals surface area contributed by atoms with Crippen molar-refractivity contribution in [1.29, 1.82) is 0 Å². The third-order valence-electron chi connectivity index (χ3n) is 5.03. The molecule has 0 heterocycles. The zero-order valence-electron chi connectivity index (χ0n) is 16.2. The van der Waals surface area contributed by atoms with Crippen LogP contribution in [0.15, 0.2) is 41.7 Å². The molecule has 25 heavy (non-hydrogen) atoms. The minimum Gasteiger partial charge on any atom is -0.501 e. The fourth-order valence-corrected chi connectivity index (χ4v) is 4.04. The predicted molar refractivity (Wildman–Crippen MR) is 101 cm³/mol. The summed E-state index contributed by atoms with van der Waals surface area (Å²) in [5, 5.41) is 0. The summed E-state index contributed by atoms with van der Waals surface area (Å²) in [7, 11) is 1.78. The quantitative estimate of drug-likeness (QED) is 0.497. The second kappa shape index (κ2) is 9.07. The van der Waals surface area contributed by atoms with Crippen LogP contribution >= 0.6 is 0 Å². The summed E-state index contributed by atoms with van der Waals surface area (Å²) in [5.41, 5.74) is 2.01. The number of hydrogen-bond acceptors (Lipinski definition) is 3. The molecule has 0 N–H and O–H groups in total. The van der Waals surface area contributed by atoms with E-state index in [4.69, 9.17) is 9.47 Å². The van der Waals surface area contributed by atoms with E-state index in [0.717, 1.165) is 31.4 Å². The monoisotopic (exact) mass is 344 g/mol. The van der Waals surface area contributed by atoms with Crippen LogP contribution < -0.4 is 0 Å². The average molecular weight is 344 g/mol. The van der Waals surface area contributed by atoms with Crippen LogP contribution in [0.25, 0.3) is 0 Å². The molecule has 0 aliphatic heterocycles. The van der Waals surface area contributed by atoms with Gasteiger partial charge in [-0.1, -0.05) is 45.9 Å². The van der Waals surface area contributed by atoms with Crippen molar-refractivity contribution in [2.45, 2.75) is 59.5 Å². The van der Waals surface area contributed by atoms with E-state index in [1.807, 2.05) is 18.2 Å². The lowest BCUT2D eigenvalue weighted by atomic mass is 9.80. The molecular formula is C22H32O3. The maximum Gasteiger partial charge on any atom is 0.338 e. The molecule has 2 atom stereocenters. The summed E-state index contributed by atoms with van der Waals surface area (Å²) in [5.74, 6) is 2.16. The van der Waals surface area contributed by atoms with Gasteiger partial charge in [-0.3, -0.25) is 0 Å². The number of carbonyl (C=O) groups is 1. The van der Waals surface area contributed by atoms with E-state index in [1.165, 1.54) is 5.57 Å². The molecule has 0 spiro atoms. The van der Waals surface area contributed by atoms with Crippen LogP contribution in [0.2, 0.25) is 0 Å². The number of methoxy groups -OCH3 is 1. The molecule has 1 aromatic rings. The molecule has 0 aromatic heterocycles. The minimum atomic E-state index is -0.220. The fraction of sp³-hybridized carbons (Fsp3) is 0.591. The first-order valence-corrected chi connectivity index (χ1v) is 9.48. The van der Waals surface area contributed by atoms with Crippen LogP contribution in [-0.4, -0.2) is 19.2 Å². The van der Waals surface area contributed by atoms with Crippen molar-refractivity contribution in [2.24, 2.45) is 17.8 Å². The Kier molecular flexibility index (Phi) is 7.10. The molecule has 1 fully saturated rings. The molecule has 138 valence electrons. The van der Waals surface area contributed by atoms with Crippen LogP contribution in [0, 0.1) is 17.8 Å². The SMILES string of the molecule is COC(=C(C(C)C)C(C)C)C1CCCC(OC(=O)c2ccccc2)C1. The smallest absolute Gasteiger partial charge is 0.338 e. The first kappa shape index (κ1) is 19.6. The van der Waals surface area contributed by atoms with Gasteiger partial charge in [0.1, 0.15) is 6.10 Å². The fourth-order valence-electron chi connectivity index (χ4n) is 4.04. The maximum atomic E-state index is 12.3. The standard InChI is InChI=1S/C22H32O3/c1-15(2)20(16(3)4)21(24-5)18-12-9-13-19(14-18)25-22(23)17-10-7-6-8-11-17/h6-8,10-11,15-16,18-19H,9,12-14H2,1-5H3. The number of carbonyl (C=O) groups excluding carboxylic acids is 1. The maximum absolute atomic E-state index is 12.3. The van der Waals surface area contributed by atoms with Gasteiger partial charge < -0.3 is 9.47 Å². The number of ether oxygens (including phenoxy) is 2. The van der Waals surface area contributed by atoms with E-state index in [0.29, 0.717) is 23.3 Å². The molecule has 1 aromatic carbocycles. The zero-order chi connectivity index (χ0) is 18.4. The van der Waals surface area contributed by atoms with Crippen LogP contribution in [0.1, 0.15) is 63.7 Å². The van der Waals surface area contributed by atoms with E-state index in [9.17, 15) is 4.79 Å². The highest BCUT2D eigenvalue weighted by Crippen LogP contribution is 2.37. The highest BCUT2D eigenvalue weighted by Gasteiger charge is 2.31. The second-order valence-electron chi connectivity index (χ2n) is 7.59. The third kappa shape index (κ3) is 5.10. The van der Waals surface area contributed by atoms with Crippen molar-refractivity contribution >= 4 is 5.97 Å². The van der Waals surface area contributed by atoms with E-state index < -0.39 is 0 Å². The molecule has 0 amide bonds. The topological polar surface area (TPSA) is 35.5 Å². The minimum absolute atomic E-state index is 0.0304. The van der Waals surface area contributed by atoms with Crippen molar-refractivity contribution in [3.8, 4) is 0 Å². The second-order valence-corrected chi connectivity index (χ2v) is 7.59. The molecule has 1 aliphatic carbocycles. The number of rotatable bonds is 6. The lowest BCUT2D eigenvalue weighted by Gasteiger charge is -2.32. The summed E-state index contributed by atoms with van der Waals surface area (Å²) < 4.78 is 11.6. The Morgan fingerprint density at radius 3 is 2.24 bits per heavy atom. The first-order chi connectivity index (χ1) is 11.9. The normalized spacial score (nSPS) is 20.4. The highest BCUT2D eigenvalue weighted by molar-refractivity contribution is 5.89. The van der Waals surface area contributed by atoms with Gasteiger partial charge in [-0.2, -0.15) is 0 Å². The Morgan fingerprint density at radius 2 is 1.68 bits per heavy atom.